The molecule has 1 fully saturated rings. The first-order chi connectivity index (χ1) is 15.5. The van der Waals surface area contributed by atoms with E-state index in [9.17, 15) is 9.59 Å². The summed E-state index contributed by atoms with van der Waals surface area (Å²) in [5.41, 5.74) is 2.29. The zero-order valence-corrected chi connectivity index (χ0v) is 18.8. The van der Waals surface area contributed by atoms with Crippen LogP contribution in [0, 0.1) is 5.92 Å². The van der Waals surface area contributed by atoms with Crippen LogP contribution in [0.4, 0.5) is 5.69 Å². The van der Waals surface area contributed by atoms with E-state index in [1.165, 1.54) is 0 Å². The molecule has 7 heteroatoms. The molecular formula is C25H31N5O2. The van der Waals surface area contributed by atoms with Crippen LogP contribution < -0.4 is 10.6 Å². The van der Waals surface area contributed by atoms with Gasteiger partial charge in [-0.05, 0) is 63.9 Å². The highest BCUT2D eigenvalue weighted by Crippen LogP contribution is 2.22. The summed E-state index contributed by atoms with van der Waals surface area (Å²) in [6.45, 7) is 6.86. The molecule has 1 aliphatic rings. The fourth-order valence-electron chi connectivity index (χ4n) is 4.25. The van der Waals surface area contributed by atoms with Crippen molar-refractivity contribution >= 4 is 28.4 Å². The first-order valence-electron chi connectivity index (χ1n) is 11.3. The molecule has 1 saturated heterocycles. The number of amides is 2. The maximum absolute atomic E-state index is 12.9. The number of hydrogen-bond acceptors (Lipinski definition) is 4. The van der Waals surface area contributed by atoms with Crippen molar-refractivity contribution in [3.8, 4) is 0 Å². The van der Waals surface area contributed by atoms with Crippen molar-refractivity contribution < 1.29 is 9.59 Å². The van der Waals surface area contributed by atoms with Crippen molar-refractivity contribution in [2.45, 2.75) is 32.7 Å². The van der Waals surface area contributed by atoms with Crippen LogP contribution in [0.3, 0.4) is 0 Å². The van der Waals surface area contributed by atoms with Crippen LogP contribution in [0.2, 0.25) is 0 Å². The molecule has 168 valence electrons. The number of benzene rings is 2. The molecule has 2 N–H and O–H groups in total. The van der Waals surface area contributed by atoms with Gasteiger partial charge >= 0.3 is 0 Å². The molecule has 2 amide bonds. The molecule has 7 nitrogen and oxygen atoms in total. The Morgan fingerprint density at radius 3 is 2.44 bits per heavy atom. The van der Waals surface area contributed by atoms with Crippen LogP contribution >= 0.6 is 0 Å². The van der Waals surface area contributed by atoms with Crippen molar-refractivity contribution in [3.63, 3.8) is 0 Å². The second-order valence-electron chi connectivity index (χ2n) is 8.75. The Morgan fingerprint density at radius 2 is 1.72 bits per heavy atom. The monoisotopic (exact) mass is 433 g/mol. The Hall–Kier alpha value is -3.19. The van der Waals surface area contributed by atoms with E-state index in [1.54, 1.807) is 0 Å². The van der Waals surface area contributed by atoms with Crippen molar-refractivity contribution in [1.82, 2.24) is 20.0 Å². The summed E-state index contributed by atoms with van der Waals surface area (Å²) in [6, 6.07) is 17.6. The summed E-state index contributed by atoms with van der Waals surface area (Å²) < 4.78 is 1.91. The lowest BCUT2D eigenvalue weighted by Gasteiger charge is -2.31. The number of hydrogen-bond donors (Lipinski definition) is 2. The van der Waals surface area contributed by atoms with Gasteiger partial charge in [0.05, 0.1) is 12.1 Å². The van der Waals surface area contributed by atoms with Crippen LogP contribution in [0.1, 0.15) is 43.2 Å². The van der Waals surface area contributed by atoms with Crippen molar-refractivity contribution in [2.24, 2.45) is 5.92 Å². The molecule has 0 unspecified atom stereocenters. The van der Waals surface area contributed by atoms with Crippen LogP contribution in [0.25, 0.3) is 10.9 Å². The minimum absolute atomic E-state index is 0.00979. The van der Waals surface area contributed by atoms with Crippen LogP contribution in [0.5, 0.6) is 0 Å². The van der Waals surface area contributed by atoms with Crippen molar-refractivity contribution in [3.05, 3.63) is 60.3 Å². The third kappa shape index (κ3) is 5.16. The number of nitrogens with zero attached hydrogens (tertiary/aromatic N) is 3. The highest BCUT2D eigenvalue weighted by molar-refractivity contribution is 6.04. The summed E-state index contributed by atoms with van der Waals surface area (Å²) in [4.78, 5) is 27.3. The highest BCUT2D eigenvalue weighted by Gasteiger charge is 2.23. The Morgan fingerprint density at radius 1 is 1.03 bits per heavy atom. The molecule has 32 heavy (non-hydrogen) atoms. The lowest BCUT2D eigenvalue weighted by atomic mass is 9.96. The van der Waals surface area contributed by atoms with Gasteiger partial charge in [-0.3, -0.25) is 19.2 Å². The van der Waals surface area contributed by atoms with Gasteiger partial charge in [0.15, 0.2) is 5.69 Å². The van der Waals surface area contributed by atoms with Gasteiger partial charge in [0, 0.05) is 23.7 Å². The van der Waals surface area contributed by atoms with E-state index in [-0.39, 0.29) is 17.9 Å². The number of nitrogens with one attached hydrogen (secondary N) is 2. The summed E-state index contributed by atoms with van der Waals surface area (Å²) >= 11 is 0. The predicted molar refractivity (Wildman–Crippen MR) is 127 cm³/mol. The number of likely N-dealkylation sites (tertiary alicyclic amines) is 1. The predicted octanol–water partition coefficient (Wildman–Crippen LogP) is 3.70. The van der Waals surface area contributed by atoms with Gasteiger partial charge in [-0.25, -0.2) is 0 Å². The van der Waals surface area contributed by atoms with Crippen LogP contribution in [-0.4, -0.2) is 52.7 Å². The number of anilines is 1. The maximum Gasteiger partial charge on any atom is 0.272 e. The molecule has 2 aromatic carbocycles. The Kier molecular flexibility index (Phi) is 6.85. The van der Waals surface area contributed by atoms with Gasteiger partial charge < -0.3 is 10.6 Å². The number of rotatable bonds is 7. The van der Waals surface area contributed by atoms with Crippen molar-refractivity contribution in [2.75, 3.05) is 31.5 Å². The molecule has 1 aliphatic heterocycles. The molecule has 0 spiro atoms. The molecule has 3 aromatic rings. The lowest BCUT2D eigenvalue weighted by molar-refractivity contribution is -0.117. The van der Waals surface area contributed by atoms with Gasteiger partial charge in [0.1, 0.15) is 0 Å². The van der Waals surface area contributed by atoms with E-state index in [1.807, 2.05) is 59.3 Å². The number of carbonyl (C=O) groups excluding carboxylic acids is 2. The molecule has 0 bridgehead atoms. The number of aromatic nitrogens is 2. The number of fused-ring (bicyclic) bond motifs is 1. The van der Waals surface area contributed by atoms with Gasteiger partial charge in [0.25, 0.3) is 5.91 Å². The smallest absolute Gasteiger partial charge is 0.272 e. The summed E-state index contributed by atoms with van der Waals surface area (Å²) in [5.74, 6) is 0.298. The van der Waals surface area contributed by atoms with E-state index >= 15 is 0 Å². The van der Waals surface area contributed by atoms with Crippen LogP contribution in [0.15, 0.2) is 54.6 Å². The first-order valence-corrected chi connectivity index (χ1v) is 11.3. The first kappa shape index (κ1) is 22.0. The van der Waals surface area contributed by atoms with E-state index in [0.717, 1.165) is 42.5 Å². The summed E-state index contributed by atoms with van der Waals surface area (Å²) in [7, 11) is 0. The summed E-state index contributed by atoms with van der Waals surface area (Å²) in [6.07, 6.45) is 1.92. The van der Waals surface area contributed by atoms with E-state index in [0.29, 0.717) is 24.7 Å². The minimum atomic E-state index is -0.120. The molecule has 0 atom stereocenters. The normalized spacial score (nSPS) is 15.2. The van der Waals surface area contributed by atoms with Crippen LogP contribution in [-0.2, 0) is 4.79 Å². The molecule has 0 saturated carbocycles. The zero-order chi connectivity index (χ0) is 22.5. The van der Waals surface area contributed by atoms with E-state index in [4.69, 9.17) is 0 Å². The fourth-order valence-corrected chi connectivity index (χ4v) is 4.25. The van der Waals surface area contributed by atoms with E-state index < -0.39 is 0 Å². The molecule has 2 heterocycles. The molecular weight excluding hydrogens is 402 g/mol. The summed E-state index contributed by atoms with van der Waals surface area (Å²) in [5, 5.41) is 11.5. The minimum Gasteiger partial charge on any atom is -0.350 e. The number of para-hydroxylation sites is 2. The highest BCUT2D eigenvalue weighted by atomic mass is 16.2. The Bertz CT molecular complexity index is 1070. The molecule has 0 aliphatic carbocycles. The lowest BCUT2D eigenvalue weighted by Crippen LogP contribution is -2.42. The van der Waals surface area contributed by atoms with Gasteiger partial charge in [-0.2, -0.15) is 5.10 Å². The quantitative estimate of drug-likeness (QED) is 0.596. The SMILES string of the molecule is CC(C)n1nc(C(=O)NCC2CCN(CC(=O)Nc3ccccc3)CC2)c2ccccc21. The average Bonchev–Trinajstić information content (AvgIpc) is 3.19. The Balaban J connectivity index is 1.26. The topological polar surface area (TPSA) is 79.3 Å². The largest absolute Gasteiger partial charge is 0.350 e. The maximum atomic E-state index is 12.9. The molecule has 0 radical (unpaired) electrons. The second kappa shape index (κ2) is 9.96. The van der Waals surface area contributed by atoms with E-state index in [2.05, 4.69) is 34.5 Å². The molecule has 4 rings (SSSR count). The standard InChI is InChI=1S/C25H31N5O2/c1-18(2)30-22-11-7-6-10-21(22)24(28-30)25(32)26-16-19-12-14-29(15-13-19)17-23(31)27-20-8-4-3-5-9-20/h3-11,18-19H,12-17H2,1-2H3,(H,26,32)(H,27,31). The average molecular weight is 434 g/mol. The molecule has 1 aromatic heterocycles. The third-order valence-electron chi connectivity index (χ3n) is 6.00. The fraction of sp³-hybridized carbons (Fsp3) is 0.400. The second-order valence-corrected chi connectivity index (χ2v) is 8.75. The third-order valence-corrected chi connectivity index (χ3v) is 6.00. The van der Waals surface area contributed by atoms with Gasteiger partial charge in [-0.15, -0.1) is 0 Å². The Labute approximate surface area is 188 Å². The van der Waals surface area contributed by atoms with Gasteiger partial charge in [-0.1, -0.05) is 36.4 Å². The van der Waals surface area contributed by atoms with Crippen molar-refractivity contribution in [1.29, 1.82) is 0 Å². The zero-order valence-electron chi connectivity index (χ0n) is 18.8. The number of piperidine rings is 1. The number of carbonyl (C=O) groups is 2. The van der Waals surface area contributed by atoms with Gasteiger partial charge in [0.2, 0.25) is 5.91 Å².